The summed E-state index contributed by atoms with van der Waals surface area (Å²) >= 11 is 1.87. The molecule has 1 N–H and O–H groups in total. The van der Waals surface area contributed by atoms with Crippen LogP contribution in [0.3, 0.4) is 0 Å². The second kappa shape index (κ2) is 5.83. The second-order valence-corrected chi connectivity index (χ2v) is 5.51. The van der Waals surface area contributed by atoms with Gasteiger partial charge in [-0.2, -0.15) is 11.8 Å². The average molecular weight is 257 g/mol. The molecule has 0 aliphatic heterocycles. The van der Waals surface area contributed by atoms with Gasteiger partial charge >= 0.3 is 0 Å². The van der Waals surface area contributed by atoms with Crippen molar-refractivity contribution in [1.82, 2.24) is 5.32 Å². The number of thioether (sulfide) groups is 1. The Balaban J connectivity index is 1.93. The molecule has 4 heteroatoms. The van der Waals surface area contributed by atoms with Crippen LogP contribution >= 0.6 is 11.8 Å². The van der Waals surface area contributed by atoms with Gasteiger partial charge in [-0.15, -0.1) is 0 Å². The SMILES string of the molecule is CSC1CCCC1NCc1ccc(F)cc1F. The minimum atomic E-state index is -0.519. The lowest BCUT2D eigenvalue weighted by molar-refractivity contribution is 0.510. The molecule has 1 fully saturated rings. The molecule has 17 heavy (non-hydrogen) atoms. The maximum absolute atomic E-state index is 13.4. The van der Waals surface area contributed by atoms with Crippen molar-refractivity contribution in [3.05, 3.63) is 35.4 Å². The fraction of sp³-hybridized carbons (Fsp3) is 0.538. The maximum Gasteiger partial charge on any atom is 0.130 e. The van der Waals surface area contributed by atoms with E-state index in [9.17, 15) is 8.78 Å². The molecule has 1 aliphatic carbocycles. The third-order valence-electron chi connectivity index (χ3n) is 3.33. The van der Waals surface area contributed by atoms with Crippen LogP contribution in [-0.4, -0.2) is 17.5 Å². The largest absolute Gasteiger partial charge is 0.309 e. The van der Waals surface area contributed by atoms with Crippen LogP contribution in [0.5, 0.6) is 0 Å². The number of benzene rings is 1. The highest BCUT2D eigenvalue weighted by atomic mass is 32.2. The molecule has 1 aromatic carbocycles. The molecule has 0 radical (unpaired) electrons. The van der Waals surface area contributed by atoms with E-state index >= 15 is 0 Å². The third kappa shape index (κ3) is 3.19. The molecule has 0 spiro atoms. The quantitative estimate of drug-likeness (QED) is 0.888. The molecule has 0 heterocycles. The van der Waals surface area contributed by atoms with Crippen LogP contribution in [0.1, 0.15) is 24.8 Å². The van der Waals surface area contributed by atoms with Gasteiger partial charge in [0, 0.05) is 29.5 Å². The van der Waals surface area contributed by atoms with Crippen LogP contribution in [0, 0.1) is 11.6 Å². The Morgan fingerprint density at radius 1 is 1.35 bits per heavy atom. The molecule has 1 nitrogen and oxygen atoms in total. The van der Waals surface area contributed by atoms with Crippen molar-refractivity contribution in [2.45, 2.75) is 37.1 Å². The van der Waals surface area contributed by atoms with Crippen molar-refractivity contribution >= 4 is 11.8 Å². The summed E-state index contributed by atoms with van der Waals surface area (Å²) < 4.78 is 26.2. The molecule has 2 atom stereocenters. The molecule has 0 bridgehead atoms. The van der Waals surface area contributed by atoms with Crippen molar-refractivity contribution in [3.8, 4) is 0 Å². The number of halogens is 2. The standard InChI is InChI=1S/C13H17F2NS/c1-17-13-4-2-3-12(13)16-8-9-5-6-10(14)7-11(9)15/h5-7,12-13,16H,2-4,8H2,1H3. The summed E-state index contributed by atoms with van der Waals surface area (Å²) in [5.41, 5.74) is 0.540. The number of nitrogens with one attached hydrogen (secondary N) is 1. The lowest BCUT2D eigenvalue weighted by Crippen LogP contribution is -2.33. The first-order chi connectivity index (χ1) is 8.20. The highest BCUT2D eigenvalue weighted by molar-refractivity contribution is 7.99. The summed E-state index contributed by atoms with van der Waals surface area (Å²) in [5.74, 6) is -0.981. The third-order valence-corrected chi connectivity index (χ3v) is 4.49. The van der Waals surface area contributed by atoms with Gasteiger partial charge in [0.1, 0.15) is 11.6 Å². The second-order valence-electron chi connectivity index (χ2n) is 4.43. The van der Waals surface area contributed by atoms with E-state index in [-0.39, 0.29) is 0 Å². The van der Waals surface area contributed by atoms with Crippen molar-refractivity contribution in [3.63, 3.8) is 0 Å². The number of rotatable bonds is 4. The Morgan fingerprint density at radius 3 is 2.88 bits per heavy atom. The van der Waals surface area contributed by atoms with Gasteiger partial charge in [0.25, 0.3) is 0 Å². The molecular weight excluding hydrogens is 240 g/mol. The van der Waals surface area contributed by atoms with Gasteiger partial charge in [-0.25, -0.2) is 8.78 Å². The summed E-state index contributed by atoms with van der Waals surface area (Å²) in [6.07, 6.45) is 5.72. The fourth-order valence-corrected chi connectivity index (χ4v) is 3.31. The van der Waals surface area contributed by atoms with Crippen LogP contribution in [-0.2, 0) is 6.54 Å². The number of hydrogen-bond acceptors (Lipinski definition) is 2. The number of hydrogen-bond donors (Lipinski definition) is 1. The first-order valence-corrected chi connectivity index (χ1v) is 7.19. The van der Waals surface area contributed by atoms with Gasteiger partial charge in [0.2, 0.25) is 0 Å². The molecule has 0 aromatic heterocycles. The zero-order valence-electron chi connectivity index (χ0n) is 9.88. The van der Waals surface area contributed by atoms with E-state index in [1.165, 1.54) is 25.0 Å². The molecule has 1 saturated carbocycles. The van der Waals surface area contributed by atoms with Gasteiger partial charge in [-0.1, -0.05) is 12.5 Å². The first-order valence-electron chi connectivity index (χ1n) is 5.91. The van der Waals surface area contributed by atoms with E-state index in [1.807, 2.05) is 11.8 Å². The molecule has 94 valence electrons. The topological polar surface area (TPSA) is 12.0 Å². The molecule has 0 amide bonds. The predicted octanol–water partition coefficient (Wildman–Crippen LogP) is 3.34. The smallest absolute Gasteiger partial charge is 0.130 e. The average Bonchev–Trinajstić information content (AvgIpc) is 2.75. The van der Waals surface area contributed by atoms with Crippen molar-refractivity contribution in [2.24, 2.45) is 0 Å². The van der Waals surface area contributed by atoms with E-state index in [2.05, 4.69) is 11.6 Å². The highest BCUT2D eigenvalue weighted by Crippen LogP contribution is 2.28. The Labute approximate surface area is 105 Å². The Kier molecular flexibility index (Phi) is 4.40. The molecule has 1 aliphatic rings. The van der Waals surface area contributed by atoms with E-state index < -0.39 is 11.6 Å². The summed E-state index contributed by atoms with van der Waals surface area (Å²) in [5, 5.41) is 4.00. The van der Waals surface area contributed by atoms with E-state index in [1.54, 1.807) is 0 Å². The van der Waals surface area contributed by atoms with E-state index in [4.69, 9.17) is 0 Å². The summed E-state index contributed by atoms with van der Waals surface area (Å²) in [4.78, 5) is 0. The first kappa shape index (κ1) is 12.8. The molecule has 1 aromatic rings. The summed E-state index contributed by atoms with van der Waals surface area (Å²) in [6, 6.07) is 4.22. The van der Waals surface area contributed by atoms with Crippen molar-refractivity contribution in [1.29, 1.82) is 0 Å². The van der Waals surface area contributed by atoms with Gasteiger partial charge < -0.3 is 5.32 Å². The minimum absolute atomic E-state index is 0.453. The normalized spacial score (nSPS) is 24.2. The van der Waals surface area contributed by atoms with Crippen LogP contribution in [0.4, 0.5) is 8.78 Å². The maximum atomic E-state index is 13.4. The van der Waals surface area contributed by atoms with Gasteiger partial charge in [-0.3, -0.25) is 0 Å². The van der Waals surface area contributed by atoms with Crippen LogP contribution in [0.25, 0.3) is 0 Å². The zero-order chi connectivity index (χ0) is 12.3. The van der Waals surface area contributed by atoms with Crippen molar-refractivity contribution in [2.75, 3.05) is 6.26 Å². The molecular formula is C13H17F2NS. The van der Waals surface area contributed by atoms with Crippen LogP contribution < -0.4 is 5.32 Å². The molecule has 2 unspecified atom stereocenters. The van der Waals surface area contributed by atoms with Crippen molar-refractivity contribution < 1.29 is 8.78 Å². The van der Waals surface area contributed by atoms with Gasteiger partial charge in [0.15, 0.2) is 0 Å². The Hall–Kier alpha value is -0.610. The fourth-order valence-electron chi connectivity index (χ4n) is 2.35. The van der Waals surface area contributed by atoms with Gasteiger partial charge in [-0.05, 0) is 25.2 Å². The van der Waals surface area contributed by atoms with Crippen LogP contribution in [0.2, 0.25) is 0 Å². The monoisotopic (exact) mass is 257 g/mol. The lowest BCUT2D eigenvalue weighted by atomic mass is 10.2. The van der Waals surface area contributed by atoms with E-state index in [0.717, 1.165) is 12.5 Å². The summed E-state index contributed by atoms with van der Waals surface area (Å²) in [7, 11) is 0. The van der Waals surface area contributed by atoms with Crippen LogP contribution in [0.15, 0.2) is 18.2 Å². The Bertz CT molecular complexity index is 384. The minimum Gasteiger partial charge on any atom is -0.309 e. The zero-order valence-corrected chi connectivity index (χ0v) is 10.7. The summed E-state index contributed by atoms with van der Waals surface area (Å²) in [6.45, 7) is 0.480. The molecule has 0 saturated heterocycles. The Morgan fingerprint density at radius 2 is 2.18 bits per heavy atom. The molecule has 2 rings (SSSR count). The highest BCUT2D eigenvalue weighted by Gasteiger charge is 2.25. The van der Waals surface area contributed by atoms with E-state index in [0.29, 0.717) is 23.4 Å². The van der Waals surface area contributed by atoms with Gasteiger partial charge in [0.05, 0.1) is 0 Å². The lowest BCUT2D eigenvalue weighted by Gasteiger charge is -2.19. The predicted molar refractivity (Wildman–Crippen MR) is 68.1 cm³/mol.